The lowest BCUT2D eigenvalue weighted by atomic mass is 9.76. The number of Topliss-reactive ketones (excluding diaryl/α,β-unsaturated/α-hetero) is 1. The van der Waals surface area contributed by atoms with E-state index in [9.17, 15) is 9.59 Å². The fourth-order valence-electron chi connectivity index (χ4n) is 3.35. The molecule has 0 saturated carbocycles. The average molecular weight is 399 g/mol. The molecule has 0 spiro atoms. The Hall–Kier alpha value is -0.940. The molecule has 5 nitrogen and oxygen atoms in total. The smallest absolute Gasteiger partial charge is 0.225 e. The molecule has 0 heterocycles. The molecular formula is C23H46N2O3. The second-order valence-corrected chi connectivity index (χ2v) is 10.5. The van der Waals surface area contributed by atoms with Crippen LogP contribution in [0.15, 0.2) is 0 Å². The predicted molar refractivity (Wildman–Crippen MR) is 118 cm³/mol. The summed E-state index contributed by atoms with van der Waals surface area (Å²) in [5.41, 5.74) is -0.936. The van der Waals surface area contributed by atoms with Crippen LogP contribution in [-0.2, 0) is 14.3 Å². The Morgan fingerprint density at radius 3 is 2.00 bits per heavy atom. The minimum atomic E-state index is -0.516. The van der Waals surface area contributed by atoms with E-state index in [1.54, 1.807) is 0 Å². The van der Waals surface area contributed by atoms with Gasteiger partial charge >= 0.3 is 0 Å². The molecule has 28 heavy (non-hydrogen) atoms. The van der Waals surface area contributed by atoms with E-state index in [1.807, 2.05) is 41.7 Å². The molecule has 0 fully saturated rings. The fourth-order valence-corrected chi connectivity index (χ4v) is 3.35. The lowest BCUT2D eigenvalue weighted by Crippen LogP contribution is -2.47. The summed E-state index contributed by atoms with van der Waals surface area (Å²) in [6.45, 7) is 19.6. The Balaban J connectivity index is 4.67. The quantitative estimate of drug-likeness (QED) is 0.452. The van der Waals surface area contributed by atoms with Crippen LogP contribution in [0.25, 0.3) is 0 Å². The van der Waals surface area contributed by atoms with Gasteiger partial charge in [-0.15, -0.1) is 0 Å². The second-order valence-electron chi connectivity index (χ2n) is 10.5. The van der Waals surface area contributed by atoms with Crippen molar-refractivity contribution in [2.24, 2.45) is 10.8 Å². The van der Waals surface area contributed by atoms with E-state index >= 15 is 0 Å². The number of ketones is 1. The Bertz CT molecular complexity index is 512. The van der Waals surface area contributed by atoms with E-state index in [0.717, 1.165) is 12.8 Å². The monoisotopic (exact) mass is 398 g/mol. The number of hydrogen-bond donors (Lipinski definition) is 2. The normalized spacial score (nSPS) is 15.2. The van der Waals surface area contributed by atoms with Crippen LogP contribution in [0.3, 0.4) is 0 Å². The Morgan fingerprint density at radius 2 is 1.54 bits per heavy atom. The third-order valence-corrected chi connectivity index (χ3v) is 5.93. The van der Waals surface area contributed by atoms with Gasteiger partial charge in [-0.1, -0.05) is 34.6 Å². The first kappa shape index (κ1) is 27.1. The zero-order chi connectivity index (χ0) is 22.2. The van der Waals surface area contributed by atoms with Crippen LogP contribution in [0.4, 0.5) is 0 Å². The number of carbonyl (C=O) groups excluding carboxylic acids is 2. The highest BCUT2D eigenvalue weighted by atomic mass is 16.5. The molecule has 0 radical (unpaired) electrons. The average Bonchev–Trinajstić information content (AvgIpc) is 2.58. The zero-order valence-electron chi connectivity index (χ0n) is 20.2. The van der Waals surface area contributed by atoms with Gasteiger partial charge in [-0.3, -0.25) is 9.59 Å². The predicted octanol–water partition coefficient (Wildman–Crippen LogP) is 4.49. The fraction of sp³-hybridized carbons (Fsp3) is 0.913. The highest BCUT2D eigenvalue weighted by Crippen LogP contribution is 2.31. The van der Waals surface area contributed by atoms with E-state index < -0.39 is 11.0 Å². The molecule has 5 heteroatoms. The van der Waals surface area contributed by atoms with Gasteiger partial charge in [-0.25, -0.2) is 0 Å². The number of carbonyl (C=O) groups is 2. The van der Waals surface area contributed by atoms with Crippen LogP contribution >= 0.6 is 0 Å². The molecule has 0 bridgehead atoms. The Labute approximate surface area is 173 Å². The zero-order valence-corrected chi connectivity index (χ0v) is 20.2. The van der Waals surface area contributed by atoms with Gasteiger partial charge in [-0.2, -0.15) is 0 Å². The summed E-state index contributed by atoms with van der Waals surface area (Å²) < 4.78 is 5.93. The molecule has 0 saturated heterocycles. The van der Waals surface area contributed by atoms with Crippen molar-refractivity contribution in [1.82, 2.24) is 10.6 Å². The van der Waals surface area contributed by atoms with Gasteiger partial charge in [-0.05, 0) is 59.4 Å². The number of rotatable bonds is 14. The molecule has 1 amide bonds. The van der Waals surface area contributed by atoms with Crippen LogP contribution in [0.2, 0.25) is 0 Å². The first-order chi connectivity index (χ1) is 12.6. The molecule has 0 aliphatic rings. The summed E-state index contributed by atoms with van der Waals surface area (Å²) in [5.74, 6) is 0.255. The Morgan fingerprint density at radius 1 is 0.964 bits per heavy atom. The molecule has 1 unspecified atom stereocenters. The van der Waals surface area contributed by atoms with Crippen LogP contribution in [0.5, 0.6) is 0 Å². The van der Waals surface area contributed by atoms with Crippen molar-refractivity contribution in [1.29, 1.82) is 0 Å². The van der Waals surface area contributed by atoms with E-state index in [0.29, 0.717) is 32.4 Å². The molecular weight excluding hydrogens is 352 g/mol. The number of hydrogen-bond acceptors (Lipinski definition) is 4. The van der Waals surface area contributed by atoms with Crippen molar-refractivity contribution in [3.63, 3.8) is 0 Å². The van der Waals surface area contributed by atoms with Crippen LogP contribution < -0.4 is 10.6 Å². The number of nitrogens with one attached hydrogen (secondary N) is 2. The van der Waals surface area contributed by atoms with Crippen molar-refractivity contribution in [3.8, 4) is 0 Å². The first-order valence-corrected chi connectivity index (χ1v) is 10.7. The minimum absolute atomic E-state index is 0.0281. The largest absolute Gasteiger partial charge is 0.375 e. The van der Waals surface area contributed by atoms with E-state index in [1.165, 1.54) is 0 Å². The summed E-state index contributed by atoms with van der Waals surface area (Å²) in [5, 5.41) is 6.53. The summed E-state index contributed by atoms with van der Waals surface area (Å²) in [4.78, 5) is 24.5. The highest BCUT2D eigenvalue weighted by molar-refractivity contribution is 5.81. The van der Waals surface area contributed by atoms with Crippen LogP contribution in [-0.4, -0.2) is 43.0 Å². The van der Waals surface area contributed by atoms with Crippen LogP contribution in [0, 0.1) is 10.8 Å². The van der Waals surface area contributed by atoms with Gasteiger partial charge in [0.05, 0.1) is 5.60 Å². The lowest BCUT2D eigenvalue weighted by Gasteiger charge is -2.38. The molecule has 0 aromatic heterocycles. The standard InChI is InChI=1S/C23H46N2O3/c1-11-18(26)15-22(7,8)28-14-13-20(3,4)19(27)25-17-23(9,12-2)16-21(5,6)24-10/h24H,11-17H2,1-10H3,(H,25,27). The summed E-state index contributed by atoms with van der Waals surface area (Å²) in [6.07, 6.45) is 3.54. The van der Waals surface area contributed by atoms with Crippen molar-refractivity contribution in [3.05, 3.63) is 0 Å². The van der Waals surface area contributed by atoms with Gasteiger partial charge in [0.1, 0.15) is 5.78 Å². The van der Waals surface area contributed by atoms with Crippen molar-refractivity contribution in [2.45, 2.75) is 106 Å². The number of ether oxygens (including phenoxy) is 1. The summed E-state index contributed by atoms with van der Waals surface area (Å²) in [6, 6.07) is 0. The SMILES string of the molecule is CCC(=O)CC(C)(C)OCCC(C)(C)C(=O)NCC(C)(CC)CC(C)(C)NC. The molecule has 0 aliphatic carbocycles. The maximum absolute atomic E-state index is 12.8. The molecule has 0 aliphatic heterocycles. The molecule has 0 rings (SSSR count). The van der Waals surface area contributed by atoms with E-state index in [4.69, 9.17) is 4.74 Å². The van der Waals surface area contributed by atoms with Crippen molar-refractivity contribution >= 4 is 11.7 Å². The summed E-state index contributed by atoms with van der Waals surface area (Å²) >= 11 is 0. The minimum Gasteiger partial charge on any atom is -0.375 e. The van der Waals surface area contributed by atoms with Crippen molar-refractivity contribution < 1.29 is 14.3 Å². The lowest BCUT2D eigenvalue weighted by molar-refractivity contribution is -0.133. The second kappa shape index (κ2) is 10.7. The van der Waals surface area contributed by atoms with Gasteiger partial charge in [0.15, 0.2) is 0 Å². The number of amides is 1. The molecule has 166 valence electrons. The Kier molecular flexibility index (Phi) is 10.4. The molecule has 1 atom stereocenters. The topological polar surface area (TPSA) is 67.4 Å². The first-order valence-electron chi connectivity index (χ1n) is 10.7. The maximum atomic E-state index is 12.8. The van der Waals surface area contributed by atoms with Crippen LogP contribution in [0.1, 0.15) is 94.4 Å². The highest BCUT2D eigenvalue weighted by Gasteiger charge is 2.34. The van der Waals surface area contributed by atoms with Crippen molar-refractivity contribution in [2.75, 3.05) is 20.2 Å². The van der Waals surface area contributed by atoms with Gasteiger partial charge < -0.3 is 15.4 Å². The van der Waals surface area contributed by atoms with Gasteiger partial charge in [0.2, 0.25) is 5.91 Å². The van der Waals surface area contributed by atoms with E-state index in [2.05, 4.69) is 38.3 Å². The van der Waals surface area contributed by atoms with E-state index in [-0.39, 0.29) is 22.6 Å². The molecule has 0 aromatic rings. The maximum Gasteiger partial charge on any atom is 0.225 e. The molecule has 2 N–H and O–H groups in total. The third-order valence-electron chi connectivity index (χ3n) is 5.93. The third kappa shape index (κ3) is 10.0. The van der Waals surface area contributed by atoms with Gasteiger partial charge in [0, 0.05) is 36.9 Å². The van der Waals surface area contributed by atoms with Gasteiger partial charge in [0.25, 0.3) is 0 Å². The summed E-state index contributed by atoms with van der Waals surface area (Å²) in [7, 11) is 1.98. The molecule has 0 aromatic carbocycles.